The van der Waals surface area contributed by atoms with Crippen LogP contribution in [0.2, 0.25) is 0 Å². The minimum absolute atomic E-state index is 0.237. The Kier molecular flexibility index (Phi) is 2.90. The van der Waals surface area contributed by atoms with Crippen LogP contribution in [0.5, 0.6) is 0 Å². The first-order valence-electron chi connectivity index (χ1n) is 3.85. The third kappa shape index (κ3) is 2.32. The van der Waals surface area contributed by atoms with E-state index in [4.69, 9.17) is 5.73 Å². The van der Waals surface area contributed by atoms with E-state index in [1.807, 2.05) is 0 Å². The smallest absolute Gasteiger partial charge is 0.326 e. The van der Waals surface area contributed by atoms with E-state index >= 15 is 0 Å². The predicted molar refractivity (Wildman–Crippen MR) is 44.7 cm³/mol. The van der Waals surface area contributed by atoms with Crippen molar-refractivity contribution >= 4 is 5.78 Å². The van der Waals surface area contributed by atoms with Gasteiger partial charge >= 0.3 is 6.18 Å². The third-order valence-corrected chi connectivity index (χ3v) is 1.71. The zero-order valence-corrected chi connectivity index (χ0v) is 7.14. The van der Waals surface area contributed by atoms with E-state index in [9.17, 15) is 18.0 Å². The maximum absolute atomic E-state index is 11.9. The number of halogens is 3. The molecule has 2 nitrogen and oxygen atoms in total. The van der Waals surface area contributed by atoms with Gasteiger partial charge in [-0.15, -0.1) is 0 Å². The van der Waals surface area contributed by atoms with Gasteiger partial charge in [0.15, 0.2) is 0 Å². The Morgan fingerprint density at radius 1 is 1.21 bits per heavy atom. The summed E-state index contributed by atoms with van der Waals surface area (Å²) < 4.78 is 35.8. The van der Waals surface area contributed by atoms with E-state index in [0.29, 0.717) is 5.56 Å². The molecule has 76 valence electrons. The molecule has 1 aromatic rings. The van der Waals surface area contributed by atoms with Crippen molar-refractivity contribution in [2.45, 2.75) is 12.7 Å². The molecule has 0 aromatic heterocycles. The molecule has 0 aliphatic heterocycles. The molecule has 0 fully saturated rings. The molecule has 5 heteroatoms. The van der Waals surface area contributed by atoms with E-state index in [0.717, 1.165) is 12.1 Å². The summed E-state index contributed by atoms with van der Waals surface area (Å²) in [6, 6.07) is 5.05. The quantitative estimate of drug-likeness (QED) is 0.746. The first-order valence-corrected chi connectivity index (χ1v) is 3.85. The maximum atomic E-state index is 11.9. The van der Waals surface area contributed by atoms with E-state index in [1.165, 1.54) is 12.1 Å². The molecule has 0 unspecified atom stereocenters. The highest BCUT2D eigenvalue weighted by atomic mass is 19.4. The number of hydrogen-bond donors (Lipinski definition) is 1. The number of alkyl halides is 3. The molecule has 0 bridgehead atoms. The molecule has 2 N–H and O–H groups in total. The Bertz CT molecular complexity index is 329. The van der Waals surface area contributed by atoms with Crippen LogP contribution in [0.4, 0.5) is 13.2 Å². The van der Waals surface area contributed by atoms with Crippen LogP contribution in [0.25, 0.3) is 0 Å². The number of Topliss-reactive ketones (excluding diaryl/α,β-unsaturated/α-hetero) is 1. The van der Waals surface area contributed by atoms with Gasteiger partial charge in [-0.2, -0.15) is 13.2 Å². The molecule has 1 aromatic carbocycles. The lowest BCUT2D eigenvalue weighted by Gasteiger charge is -2.05. The predicted octanol–water partition coefficient (Wildman–Crippen LogP) is 1.89. The second-order valence-corrected chi connectivity index (χ2v) is 2.73. The fraction of sp³-hybridized carbons (Fsp3) is 0.222. The highest BCUT2D eigenvalue weighted by Gasteiger charge is 2.38. The summed E-state index contributed by atoms with van der Waals surface area (Å²) >= 11 is 0. The molecule has 0 saturated carbocycles. The fourth-order valence-corrected chi connectivity index (χ4v) is 0.956. The van der Waals surface area contributed by atoms with Gasteiger partial charge in [0.1, 0.15) is 0 Å². The van der Waals surface area contributed by atoms with E-state index in [1.54, 1.807) is 0 Å². The van der Waals surface area contributed by atoms with Crippen LogP contribution in [-0.4, -0.2) is 12.0 Å². The molecular weight excluding hydrogens is 195 g/mol. The van der Waals surface area contributed by atoms with Crippen molar-refractivity contribution in [1.82, 2.24) is 0 Å². The van der Waals surface area contributed by atoms with Crippen molar-refractivity contribution in [2.75, 3.05) is 0 Å². The second-order valence-electron chi connectivity index (χ2n) is 2.73. The van der Waals surface area contributed by atoms with Crippen LogP contribution in [0, 0.1) is 0 Å². The average Bonchev–Trinajstić information content (AvgIpc) is 2.15. The maximum Gasteiger partial charge on any atom is 0.454 e. The van der Waals surface area contributed by atoms with Crippen LogP contribution >= 0.6 is 0 Å². The lowest BCUT2D eigenvalue weighted by molar-refractivity contribution is -0.0885. The summed E-state index contributed by atoms with van der Waals surface area (Å²) in [7, 11) is 0. The number of ketones is 1. The van der Waals surface area contributed by atoms with Gasteiger partial charge in [-0.25, -0.2) is 0 Å². The van der Waals surface area contributed by atoms with Crippen molar-refractivity contribution < 1.29 is 18.0 Å². The number of carbonyl (C=O) groups is 1. The largest absolute Gasteiger partial charge is 0.454 e. The Labute approximate surface area is 78.5 Å². The molecular formula is C9H8F3NO. The first kappa shape index (κ1) is 10.7. The lowest BCUT2D eigenvalue weighted by atomic mass is 10.1. The summed E-state index contributed by atoms with van der Waals surface area (Å²) in [6.07, 6.45) is -4.82. The van der Waals surface area contributed by atoms with Gasteiger partial charge in [-0.05, 0) is 5.56 Å². The van der Waals surface area contributed by atoms with Crippen molar-refractivity contribution in [1.29, 1.82) is 0 Å². The zero-order chi connectivity index (χ0) is 10.8. The number of benzene rings is 1. The molecule has 0 saturated heterocycles. The summed E-state index contributed by atoms with van der Waals surface area (Å²) in [5.74, 6) is -1.83. The molecule has 0 aliphatic rings. The van der Waals surface area contributed by atoms with Gasteiger partial charge in [-0.3, -0.25) is 4.79 Å². The highest BCUT2D eigenvalue weighted by Crippen LogP contribution is 2.21. The highest BCUT2D eigenvalue weighted by molar-refractivity contribution is 6.00. The van der Waals surface area contributed by atoms with Crippen molar-refractivity contribution in [3.63, 3.8) is 0 Å². The summed E-state index contributed by atoms with van der Waals surface area (Å²) in [5.41, 5.74) is 5.57. The van der Waals surface area contributed by atoms with Crippen LogP contribution in [0.15, 0.2) is 24.3 Å². The Balaban J connectivity index is 2.93. The number of hydrogen-bond acceptors (Lipinski definition) is 2. The minimum Gasteiger partial charge on any atom is -0.326 e. The van der Waals surface area contributed by atoms with Crippen molar-refractivity contribution in [2.24, 2.45) is 5.73 Å². The van der Waals surface area contributed by atoms with Crippen LogP contribution in [-0.2, 0) is 6.54 Å². The van der Waals surface area contributed by atoms with Crippen LogP contribution in [0.3, 0.4) is 0 Å². The Hall–Kier alpha value is -1.36. The summed E-state index contributed by atoms with van der Waals surface area (Å²) in [6.45, 7) is 0.237. The van der Waals surface area contributed by atoms with Gasteiger partial charge in [0, 0.05) is 12.1 Å². The van der Waals surface area contributed by atoms with Gasteiger partial charge in [0.05, 0.1) is 0 Å². The van der Waals surface area contributed by atoms with Crippen molar-refractivity contribution in [3.05, 3.63) is 35.4 Å². The lowest BCUT2D eigenvalue weighted by Crippen LogP contribution is -2.22. The molecule has 0 aliphatic carbocycles. The number of rotatable bonds is 2. The molecule has 0 radical (unpaired) electrons. The summed E-state index contributed by atoms with van der Waals surface area (Å²) in [4.78, 5) is 10.7. The average molecular weight is 203 g/mol. The zero-order valence-electron chi connectivity index (χ0n) is 7.14. The van der Waals surface area contributed by atoms with Gasteiger partial charge in [-0.1, -0.05) is 24.3 Å². The standard InChI is InChI=1S/C9H8F3NO/c10-9(11,12)8(14)7-3-1-6(5-13)2-4-7/h1-4H,5,13H2. The monoisotopic (exact) mass is 203 g/mol. The van der Waals surface area contributed by atoms with Gasteiger partial charge < -0.3 is 5.73 Å². The van der Waals surface area contributed by atoms with Crippen molar-refractivity contribution in [3.8, 4) is 0 Å². The third-order valence-electron chi connectivity index (χ3n) is 1.71. The van der Waals surface area contributed by atoms with E-state index in [-0.39, 0.29) is 12.1 Å². The molecule has 0 amide bonds. The molecule has 0 atom stereocenters. The molecule has 0 spiro atoms. The van der Waals surface area contributed by atoms with E-state index < -0.39 is 12.0 Å². The molecule has 14 heavy (non-hydrogen) atoms. The first-order chi connectivity index (χ1) is 6.45. The van der Waals surface area contributed by atoms with Crippen LogP contribution in [0.1, 0.15) is 15.9 Å². The molecule has 1 rings (SSSR count). The van der Waals surface area contributed by atoms with Gasteiger partial charge in [0.2, 0.25) is 0 Å². The minimum atomic E-state index is -4.82. The number of nitrogens with two attached hydrogens (primary N) is 1. The second kappa shape index (κ2) is 3.79. The Morgan fingerprint density at radius 3 is 2.07 bits per heavy atom. The topological polar surface area (TPSA) is 43.1 Å². The fourth-order valence-electron chi connectivity index (χ4n) is 0.956. The summed E-state index contributed by atoms with van der Waals surface area (Å²) in [5, 5.41) is 0. The van der Waals surface area contributed by atoms with E-state index in [2.05, 4.69) is 0 Å². The van der Waals surface area contributed by atoms with Crippen LogP contribution < -0.4 is 5.73 Å². The Morgan fingerprint density at radius 2 is 1.71 bits per heavy atom. The van der Waals surface area contributed by atoms with Gasteiger partial charge in [0.25, 0.3) is 5.78 Å². The molecule has 0 heterocycles. The number of carbonyl (C=O) groups excluding carboxylic acids is 1. The SMILES string of the molecule is NCc1ccc(C(=O)C(F)(F)F)cc1. The normalized spacial score (nSPS) is 11.4.